The first-order valence-corrected chi connectivity index (χ1v) is 8.22. The summed E-state index contributed by atoms with van der Waals surface area (Å²) in [6.07, 6.45) is 2.61. The van der Waals surface area contributed by atoms with E-state index in [-0.39, 0.29) is 0 Å². The molecular weight excluding hydrogens is 372 g/mol. The van der Waals surface area contributed by atoms with Crippen LogP contribution >= 0.6 is 38.9 Å². The van der Waals surface area contributed by atoms with Crippen LogP contribution < -0.4 is 0 Å². The molecule has 0 atom stereocenters. The minimum Gasteiger partial charge on any atom is -0.298 e. The van der Waals surface area contributed by atoms with Crippen molar-refractivity contribution in [3.63, 3.8) is 0 Å². The monoisotopic (exact) mass is 380 g/mol. The van der Waals surface area contributed by atoms with Gasteiger partial charge in [0.05, 0.1) is 17.0 Å². The Kier molecular flexibility index (Phi) is 4.24. The van der Waals surface area contributed by atoms with Gasteiger partial charge in [0.15, 0.2) is 6.29 Å². The molecule has 0 bridgehead atoms. The fraction of sp³-hybridized carbons (Fsp3) is 0.0667. The minimum atomic E-state index is 0.596. The van der Waals surface area contributed by atoms with Crippen LogP contribution in [0, 0.1) is 0 Å². The number of aromatic nitrogens is 2. The molecule has 0 fully saturated rings. The van der Waals surface area contributed by atoms with Crippen molar-refractivity contribution in [3.05, 3.63) is 62.5 Å². The Morgan fingerprint density at radius 1 is 1.33 bits per heavy atom. The van der Waals surface area contributed by atoms with Crippen molar-refractivity contribution in [1.29, 1.82) is 0 Å². The molecule has 21 heavy (non-hydrogen) atoms. The normalized spacial score (nSPS) is 10.8. The van der Waals surface area contributed by atoms with Gasteiger partial charge in [0, 0.05) is 21.1 Å². The van der Waals surface area contributed by atoms with Gasteiger partial charge in [-0.25, -0.2) is 0 Å². The number of halogens is 2. The molecule has 1 aromatic carbocycles. The predicted octanol–water partition coefficient (Wildman–Crippen LogP) is 4.89. The lowest BCUT2D eigenvalue weighted by Gasteiger charge is -2.01. The molecule has 0 amide bonds. The van der Waals surface area contributed by atoms with Crippen molar-refractivity contribution in [3.8, 4) is 10.6 Å². The molecule has 3 aromatic rings. The third kappa shape index (κ3) is 3.26. The molecule has 0 N–H and O–H groups in total. The number of benzene rings is 1. The lowest BCUT2D eigenvalue weighted by atomic mass is 10.2. The van der Waals surface area contributed by atoms with E-state index < -0.39 is 0 Å². The molecular formula is C15H10BrClN2OS. The molecule has 0 saturated carbocycles. The molecule has 0 aliphatic rings. The van der Waals surface area contributed by atoms with Gasteiger partial charge < -0.3 is 0 Å². The molecule has 2 aromatic heterocycles. The van der Waals surface area contributed by atoms with Gasteiger partial charge in [-0.15, -0.1) is 11.3 Å². The maximum atomic E-state index is 11.2. The molecule has 0 saturated heterocycles. The van der Waals surface area contributed by atoms with Crippen LogP contribution in [-0.2, 0) is 6.54 Å². The highest BCUT2D eigenvalue weighted by Crippen LogP contribution is 2.30. The summed E-state index contributed by atoms with van der Waals surface area (Å²) >= 11 is 10.8. The van der Waals surface area contributed by atoms with Crippen LogP contribution in [0.3, 0.4) is 0 Å². The third-order valence-electron chi connectivity index (χ3n) is 2.98. The van der Waals surface area contributed by atoms with Crippen molar-refractivity contribution in [2.24, 2.45) is 0 Å². The summed E-state index contributed by atoms with van der Waals surface area (Å²) in [5, 5.41) is 7.20. The van der Waals surface area contributed by atoms with Crippen LogP contribution in [0.4, 0.5) is 0 Å². The highest BCUT2D eigenvalue weighted by atomic mass is 79.9. The van der Waals surface area contributed by atoms with E-state index in [1.54, 1.807) is 22.2 Å². The number of rotatable bonds is 4. The maximum Gasteiger partial charge on any atom is 0.153 e. The molecule has 0 spiro atoms. The molecule has 0 aliphatic carbocycles. The van der Waals surface area contributed by atoms with Crippen LogP contribution in [-0.4, -0.2) is 16.1 Å². The van der Waals surface area contributed by atoms with Crippen molar-refractivity contribution < 1.29 is 4.79 Å². The van der Waals surface area contributed by atoms with Gasteiger partial charge in [0.2, 0.25) is 0 Å². The zero-order valence-corrected chi connectivity index (χ0v) is 14.0. The number of carbonyl (C=O) groups is 1. The smallest absolute Gasteiger partial charge is 0.153 e. The maximum absolute atomic E-state index is 11.2. The molecule has 0 radical (unpaired) electrons. The van der Waals surface area contributed by atoms with E-state index in [0.717, 1.165) is 26.9 Å². The molecule has 3 rings (SSSR count). The van der Waals surface area contributed by atoms with Crippen molar-refractivity contribution in [2.45, 2.75) is 6.54 Å². The number of aldehydes is 1. The lowest BCUT2D eigenvalue weighted by Crippen LogP contribution is -1.99. The van der Waals surface area contributed by atoms with Crippen molar-refractivity contribution in [2.75, 3.05) is 0 Å². The Labute approximate surface area is 139 Å². The zero-order chi connectivity index (χ0) is 14.8. The Hall–Kier alpha value is -1.43. The van der Waals surface area contributed by atoms with Gasteiger partial charge in [0.1, 0.15) is 5.69 Å². The molecule has 106 valence electrons. The van der Waals surface area contributed by atoms with Gasteiger partial charge >= 0.3 is 0 Å². The summed E-state index contributed by atoms with van der Waals surface area (Å²) in [5.41, 5.74) is 2.39. The fourth-order valence-electron chi connectivity index (χ4n) is 2.01. The second-order valence-corrected chi connectivity index (χ2v) is 6.77. The second-order valence-electron chi connectivity index (χ2n) is 4.50. The summed E-state index contributed by atoms with van der Waals surface area (Å²) < 4.78 is 2.77. The first-order valence-electron chi connectivity index (χ1n) is 6.17. The van der Waals surface area contributed by atoms with E-state index in [2.05, 4.69) is 21.0 Å². The Morgan fingerprint density at radius 2 is 2.10 bits per heavy atom. The van der Waals surface area contributed by atoms with E-state index in [1.807, 2.05) is 35.7 Å². The topological polar surface area (TPSA) is 34.9 Å². The average Bonchev–Trinajstić information content (AvgIpc) is 3.07. The van der Waals surface area contributed by atoms with E-state index in [4.69, 9.17) is 11.6 Å². The van der Waals surface area contributed by atoms with Gasteiger partial charge in [-0.2, -0.15) is 5.10 Å². The Balaban J connectivity index is 1.92. The average molecular weight is 382 g/mol. The Bertz CT molecular complexity index is 779. The number of carbonyl (C=O) groups excluding carboxylic acids is 1. The standard InChI is InChI=1S/C15H10BrClN2OS/c16-12-5-14(21-9-12)15-11(8-20)7-19(18-15)6-10-1-3-13(17)4-2-10/h1-5,7-9H,6H2. The van der Waals surface area contributed by atoms with E-state index in [0.29, 0.717) is 17.1 Å². The second kappa shape index (κ2) is 6.13. The van der Waals surface area contributed by atoms with Gasteiger partial charge in [-0.1, -0.05) is 23.7 Å². The first-order chi connectivity index (χ1) is 10.2. The largest absolute Gasteiger partial charge is 0.298 e. The van der Waals surface area contributed by atoms with E-state index in [1.165, 1.54) is 0 Å². The van der Waals surface area contributed by atoms with Crippen LogP contribution in [0.1, 0.15) is 15.9 Å². The molecule has 0 aliphatic heterocycles. The quantitative estimate of drug-likeness (QED) is 0.603. The van der Waals surface area contributed by atoms with Gasteiger partial charge in [0.25, 0.3) is 0 Å². The lowest BCUT2D eigenvalue weighted by molar-refractivity contribution is 0.112. The summed E-state index contributed by atoms with van der Waals surface area (Å²) in [6, 6.07) is 9.56. The number of thiophene rings is 1. The van der Waals surface area contributed by atoms with Crippen molar-refractivity contribution >= 4 is 45.2 Å². The van der Waals surface area contributed by atoms with Crippen LogP contribution in [0.25, 0.3) is 10.6 Å². The van der Waals surface area contributed by atoms with Gasteiger partial charge in [-0.05, 0) is 39.7 Å². The summed E-state index contributed by atoms with van der Waals surface area (Å²) in [5.74, 6) is 0. The van der Waals surface area contributed by atoms with Gasteiger partial charge in [-0.3, -0.25) is 9.48 Å². The summed E-state index contributed by atoms with van der Waals surface area (Å²) in [7, 11) is 0. The SMILES string of the molecule is O=Cc1cn(Cc2ccc(Cl)cc2)nc1-c1cc(Br)cs1. The third-order valence-corrected chi connectivity index (χ3v) is 4.93. The summed E-state index contributed by atoms with van der Waals surface area (Å²) in [4.78, 5) is 12.2. The summed E-state index contributed by atoms with van der Waals surface area (Å²) in [6.45, 7) is 0.602. The van der Waals surface area contributed by atoms with E-state index >= 15 is 0 Å². The van der Waals surface area contributed by atoms with Crippen LogP contribution in [0.5, 0.6) is 0 Å². The molecule has 3 nitrogen and oxygen atoms in total. The highest BCUT2D eigenvalue weighted by Gasteiger charge is 2.12. The number of hydrogen-bond acceptors (Lipinski definition) is 3. The first kappa shape index (κ1) is 14.5. The van der Waals surface area contributed by atoms with Crippen LogP contribution in [0.15, 0.2) is 46.4 Å². The number of nitrogens with zero attached hydrogens (tertiary/aromatic N) is 2. The Morgan fingerprint density at radius 3 is 2.71 bits per heavy atom. The molecule has 6 heteroatoms. The minimum absolute atomic E-state index is 0.596. The predicted molar refractivity (Wildman–Crippen MR) is 89.2 cm³/mol. The fourth-order valence-corrected chi connectivity index (χ4v) is 3.57. The van der Waals surface area contributed by atoms with E-state index in [9.17, 15) is 4.79 Å². The molecule has 2 heterocycles. The number of hydrogen-bond donors (Lipinski definition) is 0. The highest BCUT2D eigenvalue weighted by molar-refractivity contribution is 9.10. The van der Waals surface area contributed by atoms with Crippen molar-refractivity contribution in [1.82, 2.24) is 9.78 Å². The van der Waals surface area contributed by atoms with Crippen LogP contribution in [0.2, 0.25) is 5.02 Å². The molecule has 0 unspecified atom stereocenters. The zero-order valence-electron chi connectivity index (χ0n) is 10.8.